The lowest BCUT2D eigenvalue weighted by Crippen LogP contribution is -2.31. The van der Waals surface area contributed by atoms with E-state index in [1.165, 1.54) is 11.3 Å². The fraction of sp³-hybridized carbons (Fsp3) is 0.588. The van der Waals surface area contributed by atoms with Gasteiger partial charge >= 0.3 is 0 Å². The van der Waals surface area contributed by atoms with E-state index in [4.69, 9.17) is 0 Å². The molecule has 6 heteroatoms. The van der Waals surface area contributed by atoms with Gasteiger partial charge in [-0.1, -0.05) is 6.92 Å². The summed E-state index contributed by atoms with van der Waals surface area (Å²) < 4.78 is 0. The highest BCUT2D eigenvalue weighted by Gasteiger charge is 2.22. The number of carbonyl (C=O) groups is 1. The van der Waals surface area contributed by atoms with E-state index < -0.39 is 0 Å². The van der Waals surface area contributed by atoms with Crippen molar-refractivity contribution in [3.05, 3.63) is 16.3 Å². The number of hydrogen-bond donors (Lipinski definition) is 1. The fourth-order valence-corrected chi connectivity index (χ4v) is 3.71. The molecule has 23 heavy (non-hydrogen) atoms. The number of aryl methyl sites for hydroxylation is 2. The molecule has 2 rings (SSSR count). The lowest BCUT2D eigenvalue weighted by Gasteiger charge is -2.21. The summed E-state index contributed by atoms with van der Waals surface area (Å²) in [6, 6.07) is 0.169. The van der Waals surface area contributed by atoms with E-state index in [1.54, 1.807) is 0 Å². The minimum atomic E-state index is -0.0111. The summed E-state index contributed by atoms with van der Waals surface area (Å²) >= 11 is 1.46. The molecule has 0 aromatic carbocycles. The zero-order valence-corrected chi connectivity index (χ0v) is 15.7. The Bertz CT molecular complexity index is 706. The van der Waals surface area contributed by atoms with Gasteiger partial charge in [0.25, 0.3) is 5.91 Å². The number of rotatable bonds is 6. The first kappa shape index (κ1) is 17.7. The highest BCUT2D eigenvalue weighted by Crippen LogP contribution is 2.35. The van der Waals surface area contributed by atoms with Crippen molar-refractivity contribution in [2.24, 2.45) is 0 Å². The zero-order chi connectivity index (χ0) is 17.1. The molecule has 1 atom stereocenters. The molecular weight excluding hydrogens is 308 g/mol. The normalized spacial score (nSPS) is 12.4. The summed E-state index contributed by atoms with van der Waals surface area (Å²) in [6.45, 7) is 14.0. The Morgan fingerprint density at radius 3 is 2.43 bits per heavy atom. The van der Waals surface area contributed by atoms with E-state index in [-0.39, 0.29) is 11.9 Å². The average Bonchev–Trinajstić information content (AvgIpc) is 2.85. The van der Waals surface area contributed by atoms with E-state index in [2.05, 4.69) is 41.0 Å². The van der Waals surface area contributed by atoms with Crippen molar-refractivity contribution >= 4 is 33.3 Å². The lowest BCUT2D eigenvalue weighted by atomic mass is 10.1. The number of nitrogens with zero attached hydrogens (tertiary/aromatic N) is 3. The molecule has 0 aliphatic rings. The summed E-state index contributed by atoms with van der Waals surface area (Å²) in [5.74, 6) is 1.67. The molecule has 1 N–H and O–H groups in total. The van der Waals surface area contributed by atoms with Crippen LogP contribution in [0, 0.1) is 13.8 Å². The van der Waals surface area contributed by atoms with E-state index in [9.17, 15) is 4.79 Å². The van der Waals surface area contributed by atoms with Gasteiger partial charge in [-0.3, -0.25) is 4.79 Å². The molecule has 0 saturated carbocycles. The SMILES string of the molecule is CCC(C)NC(=O)c1sc2nc(C)nc(N(CC)CC)c2c1C. The third-order valence-corrected chi connectivity index (χ3v) is 5.33. The van der Waals surface area contributed by atoms with Crippen LogP contribution in [0.25, 0.3) is 10.2 Å². The van der Waals surface area contributed by atoms with Crippen LogP contribution in [0.1, 0.15) is 55.2 Å². The van der Waals surface area contributed by atoms with Gasteiger partial charge in [-0.2, -0.15) is 0 Å². The van der Waals surface area contributed by atoms with Gasteiger partial charge in [0.15, 0.2) is 0 Å². The highest BCUT2D eigenvalue weighted by atomic mass is 32.1. The smallest absolute Gasteiger partial charge is 0.261 e. The molecule has 0 fully saturated rings. The molecule has 2 aromatic rings. The number of carbonyl (C=O) groups excluding carboxylic acids is 1. The van der Waals surface area contributed by atoms with Gasteiger partial charge in [-0.25, -0.2) is 9.97 Å². The Kier molecular flexibility index (Phi) is 5.57. The van der Waals surface area contributed by atoms with Crippen LogP contribution < -0.4 is 10.2 Å². The molecule has 1 amide bonds. The Labute approximate surface area is 142 Å². The monoisotopic (exact) mass is 334 g/mol. The minimum Gasteiger partial charge on any atom is -0.357 e. The maximum atomic E-state index is 12.5. The van der Waals surface area contributed by atoms with Crippen LogP contribution >= 0.6 is 11.3 Å². The van der Waals surface area contributed by atoms with Crippen molar-refractivity contribution in [3.8, 4) is 0 Å². The molecule has 0 spiro atoms. The number of hydrogen-bond acceptors (Lipinski definition) is 5. The Morgan fingerprint density at radius 2 is 1.87 bits per heavy atom. The molecule has 0 bridgehead atoms. The quantitative estimate of drug-likeness (QED) is 0.875. The second kappa shape index (κ2) is 7.25. The van der Waals surface area contributed by atoms with Crippen LogP contribution in [0.3, 0.4) is 0 Å². The third-order valence-electron chi connectivity index (χ3n) is 4.14. The van der Waals surface area contributed by atoms with Crippen LogP contribution in [0.15, 0.2) is 0 Å². The first-order valence-corrected chi connectivity index (χ1v) is 9.07. The third kappa shape index (κ3) is 3.47. The minimum absolute atomic E-state index is 0.0111. The van der Waals surface area contributed by atoms with Gasteiger partial charge in [-0.15, -0.1) is 11.3 Å². The van der Waals surface area contributed by atoms with Crippen molar-refractivity contribution in [1.82, 2.24) is 15.3 Å². The van der Waals surface area contributed by atoms with Gasteiger partial charge < -0.3 is 10.2 Å². The molecular formula is C17H26N4OS. The topological polar surface area (TPSA) is 58.1 Å². The van der Waals surface area contributed by atoms with Gasteiger partial charge in [0, 0.05) is 19.1 Å². The molecule has 126 valence electrons. The summed E-state index contributed by atoms with van der Waals surface area (Å²) in [6.07, 6.45) is 0.916. The number of anilines is 1. The molecule has 0 radical (unpaired) electrons. The van der Waals surface area contributed by atoms with E-state index in [0.717, 1.165) is 51.8 Å². The lowest BCUT2D eigenvalue weighted by molar-refractivity contribution is 0.0943. The number of fused-ring (bicyclic) bond motifs is 1. The number of nitrogens with one attached hydrogen (secondary N) is 1. The number of aromatic nitrogens is 2. The molecule has 0 aliphatic carbocycles. The summed E-state index contributed by atoms with van der Waals surface area (Å²) in [4.78, 5) is 25.6. The van der Waals surface area contributed by atoms with Crippen molar-refractivity contribution in [1.29, 1.82) is 0 Å². The van der Waals surface area contributed by atoms with Crippen LogP contribution in [-0.4, -0.2) is 35.0 Å². The molecule has 1 unspecified atom stereocenters. The van der Waals surface area contributed by atoms with Crippen molar-refractivity contribution in [2.45, 2.75) is 54.0 Å². The van der Waals surface area contributed by atoms with Crippen molar-refractivity contribution < 1.29 is 4.79 Å². The van der Waals surface area contributed by atoms with Gasteiger partial charge in [0.05, 0.1) is 10.3 Å². The first-order valence-electron chi connectivity index (χ1n) is 8.26. The summed E-state index contributed by atoms with van der Waals surface area (Å²) in [5.41, 5.74) is 0.979. The predicted octanol–water partition coefficient (Wildman–Crippen LogP) is 3.68. The van der Waals surface area contributed by atoms with Crippen LogP contribution in [0.2, 0.25) is 0 Å². The highest BCUT2D eigenvalue weighted by molar-refractivity contribution is 7.20. The standard InChI is InChI=1S/C17H26N4OS/c1-7-10(4)18-16(22)14-11(5)13-15(21(8-2)9-3)19-12(6)20-17(13)23-14/h10H,7-9H2,1-6H3,(H,18,22). The van der Waals surface area contributed by atoms with Crippen LogP contribution in [-0.2, 0) is 0 Å². The predicted molar refractivity (Wildman–Crippen MR) is 97.7 cm³/mol. The maximum absolute atomic E-state index is 12.5. The Morgan fingerprint density at radius 1 is 1.22 bits per heavy atom. The first-order chi connectivity index (χ1) is 10.9. The van der Waals surface area contributed by atoms with Crippen LogP contribution in [0.5, 0.6) is 0 Å². The Balaban J connectivity index is 2.57. The Hall–Kier alpha value is -1.69. The molecule has 0 saturated heterocycles. The summed E-state index contributed by atoms with van der Waals surface area (Å²) in [5, 5.41) is 4.06. The van der Waals surface area contributed by atoms with Crippen LogP contribution in [0.4, 0.5) is 5.82 Å². The second-order valence-electron chi connectivity index (χ2n) is 5.79. The molecule has 2 heterocycles. The number of amides is 1. The van der Waals surface area contributed by atoms with Crippen molar-refractivity contribution in [3.63, 3.8) is 0 Å². The molecule has 5 nitrogen and oxygen atoms in total. The van der Waals surface area contributed by atoms with E-state index in [0.29, 0.717) is 0 Å². The maximum Gasteiger partial charge on any atom is 0.261 e. The number of thiophene rings is 1. The average molecular weight is 334 g/mol. The van der Waals surface area contributed by atoms with Crippen molar-refractivity contribution in [2.75, 3.05) is 18.0 Å². The fourth-order valence-electron chi connectivity index (χ4n) is 2.58. The summed E-state index contributed by atoms with van der Waals surface area (Å²) in [7, 11) is 0. The molecule has 0 aliphatic heterocycles. The molecule has 2 aromatic heterocycles. The largest absolute Gasteiger partial charge is 0.357 e. The van der Waals surface area contributed by atoms with Gasteiger partial charge in [0.2, 0.25) is 0 Å². The van der Waals surface area contributed by atoms with Gasteiger partial charge in [0.1, 0.15) is 16.5 Å². The van der Waals surface area contributed by atoms with Gasteiger partial charge in [-0.05, 0) is 46.6 Å². The van der Waals surface area contributed by atoms with E-state index >= 15 is 0 Å². The van der Waals surface area contributed by atoms with E-state index in [1.807, 2.05) is 20.8 Å². The second-order valence-corrected chi connectivity index (χ2v) is 6.78. The zero-order valence-electron chi connectivity index (χ0n) is 14.9.